The fourth-order valence-electron chi connectivity index (χ4n) is 2.95. The maximum absolute atomic E-state index is 12.3. The molecule has 1 aliphatic heterocycles. The van der Waals surface area contributed by atoms with Crippen LogP contribution in [0.1, 0.15) is 12.8 Å². The summed E-state index contributed by atoms with van der Waals surface area (Å²) in [5, 5.41) is 11.3. The van der Waals surface area contributed by atoms with Crippen molar-refractivity contribution >= 4 is 38.5 Å². The van der Waals surface area contributed by atoms with Crippen molar-refractivity contribution in [2.75, 3.05) is 18.0 Å². The van der Waals surface area contributed by atoms with Crippen LogP contribution in [-0.2, 0) is 10.0 Å². The van der Waals surface area contributed by atoms with Gasteiger partial charge in [-0.15, -0.1) is 22.7 Å². The molecule has 0 amide bonds. The molecule has 0 saturated carbocycles. The fraction of sp³-hybridized carbons (Fsp3) is 0.312. The van der Waals surface area contributed by atoms with Gasteiger partial charge in [0, 0.05) is 25.2 Å². The quantitative estimate of drug-likeness (QED) is 0.697. The van der Waals surface area contributed by atoms with Gasteiger partial charge in [-0.1, -0.05) is 12.1 Å². The largest absolute Gasteiger partial charge is 0.355 e. The van der Waals surface area contributed by atoms with Crippen LogP contribution in [0.25, 0.3) is 10.6 Å². The topological polar surface area (TPSA) is 78.1 Å². The van der Waals surface area contributed by atoms with Crippen molar-refractivity contribution in [3.8, 4) is 10.6 Å². The van der Waals surface area contributed by atoms with Crippen LogP contribution < -0.4 is 9.62 Å². The molecule has 132 valence electrons. The van der Waals surface area contributed by atoms with Gasteiger partial charge < -0.3 is 4.90 Å². The third-order valence-corrected chi connectivity index (χ3v) is 8.07. The molecule has 0 atom stereocenters. The first-order valence-corrected chi connectivity index (χ1v) is 11.3. The molecule has 4 heterocycles. The number of rotatable bonds is 5. The molecule has 0 spiro atoms. The lowest BCUT2D eigenvalue weighted by Crippen LogP contribution is -2.44. The summed E-state index contributed by atoms with van der Waals surface area (Å²) < 4.78 is 27.8. The van der Waals surface area contributed by atoms with E-state index in [0.29, 0.717) is 4.21 Å². The Kier molecular flexibility index (Phi) is 4.63. The van der Waals surface area contributed by atoms with Crippen LogP contribution in [-0.4, -0.2) is 37.7 Å². The first kappa shape index (κ1) is 16.8. The fourth-order valence-corrected chi connectivity index (χ4v) is 5.96. The Balaban J connectivity index is 1.37. The molecule has 9 heteroatoms. The molecule has 3 aromatic rings. The Morgan fingerprint density at radius 3 is 2.60 bits per heavy atom. The van der Waals surface area contributed by atoms with Crippen LogP contribution in [0.4, 0.5) is 5.82 Å². The van der Waals surface area contributed by atoms with Gasteiger partial charge in [0.25, 0.3) is 0 Å². The number of hydrogen-bond acceptors (Lipinski definition) is 6. The van der Waals surface area contributed by atoms with Crippen molar-refractivity contribution in [3.05, 3.63) is 41.1 Å². The number of H-pyrrole nitrogens is 1. The minimum atomic E-state index is -3.39. The number of aromatic amines is 1. The molecule has 3 aromatic heterocycles. The third-order valence-electron chi connectivity index (χ3n) is 4.25. The highest BCUT2D eigenvalue weighted by Gasteiger charge is 2.26. The maximum atomic E-state index is 12.3. The van der Waals surface area contributed by atoms with E-state index in [9.17, 15) is 8.42 Å². The number of nitrogens with one attached hydrogen (secondary N) is 2. The summed E-state index contributed by atoms with van der Waals surface area (Å²) in [5.74, 6) is 0.919. The van der Waals surface area contributed by atoms with E-state index in [0.717, 1.165) is 42.3 Å². The van der Waals surface area contributed by atoms with E-state index in [-0.39, 0.29) is 6.04 Å². The molecule has 1 saturated heterocycles. The van der Waals surface area contributed by atoms with Gasteiger partial charge in [0.05, 0.1) is 10.6 Å². The third kappa shape index (κ3) is 3.64. The van der Waals surface area contributed by atoms with E-state index in [1.807, 2.05) is 11.4 Å². The zero-order valence-corrected chi connectivity index (χ0v) is 15.8. The first-order valence-electron chi connectivity index (χ1n) is 8.02. The van der Waals surface area contributed by atoms with Gasteiger partial charge in [-0.2, -0.15) is 5.10 Å². The van der Waals surface area contributed by atoms with Crippen LogP contribution in [0, 0.1) is 0 Å². The second kappa shape index (κ2) is 6.91. The van der Waals surface area contributed by atoms with Crippen LogP contribution in [0.5, 0.6) is 0 Å². The molecule has 0 aromatic carbocycles. The Hall–Kier alpha value is -1.68. The van der Waals surface area contributed by atoms with Crippen molar-refractivity contribution in [2.45, 2.75) is 23.1 Å². The van der Waals surface area contributed by atoms with E-state index >= 15 is 0 Å². The van der Waals surface area contributed by atoms with Gasteiger partial charge in [-0.25, -0.2) is 13.1 Å². The molecule has 1 aliphatic rings. The number of anilines is 1. The van der Waals surface area contributed by atoms with Gasteiger partial charge in [0.15, 0.2) is 5.82 Å². The van der Waals surface area contributed by atoms with Crippen molar-refractivity contribution in [2.24, 2.45) is 0 Å². The van der Waals surface area contributed by atoms with E-state index in [1.54, 1.807) is 28.8 Å². The van der Waals surface area contributed by atoms with Crippen LogP contribution in [0.3, 0.4) is 0 Å². The molecular formula is C16H18N4O2S3. The lowest BCUT2D eigenvalue weighted by molar-refractivity contribution is 0.459. The molecule has 0 radical (unpaired) electrons. The van der Waals surface area contributed by atoms with Crippen molar-refractivity contribution < 1.29 is 8.42 Å². The number of hydrogen-bond donors (Lipinski definition) is 2. The van der Waals surface area contributed by atoms with Crippen LogP contribution >= 0.6 is 22.7 Å². The van der Waals surface area contributed by atoms with Crippen LogP contribution in [0.2, 0.25) is 0 Å². The normalized spacial score (nSPS) is 16.4. The van der Waals surface area contributed by atoms with E-state index in [1.165, 1.54) is 11.3 Å². The molecule has 25 heavy (non-hydrogen) atoms. The minimum absolute atomic E-state index is 0.0286. The number of piperidine rings is 1. The molecule has 2 N–H and O–H groups in total. The van der Waals surface area contributed by atoms with Crippen LogP contribution in [0.15, 0.2) is 45.3 Å². The second-order valence-electron chi connectivity index (χ2n) is 5.93. The smallest absolute Gasteiger partial charge is 0.250 e. The predicted molar refractivity (Wildman–Crippen MR) is 102 cm³/mol. The highest BCUT2D eigenvalue weighted by atomic mass is 32.2. The average molecular weight is 395 g/mol. The Morgan fingerprint density at radius 2 is 1.92 bits per heavy atom. The van der Waals surface area contributed by atoms with Gasteiger partial charge in [-0.3, -0.25) is 5.10 Å². The summed E-state index contributed by atoms with van der Waals surface area (Å²) >= 11 is 2.92. The Morgan fingerprint density at radius 1 is 1.16 bits per heavy atom. The monoisotopic (exact) mass is 394 g/mol. The van der Waals surface area contributed by atoms with Crippen molar-refractivity contribution in [3.63, 3.8) is 0 Å². The highest BCUT2D eigenvalue weighted by Crippen LogP contribution is 2.27. The maximum Gasteiger partial charge on any atom is 0.250 e. The number of aromatic nitrogens is 2. The first-order chi connectivity index (χ1) is 12.1. The molecule has 4 rings (SSSR count). The van der Waals surface area contributed by atoms with Gasteiger partial charge in [-0.05, 0) is 35.7 Å². The summed E-state index contributed by atoms with van der Waals surface area (Å²) in [4.78, 5) is 3.36. The van der Waals surface area contributed by atoms with E-state index in [4.69, 9.17) is 0 Å². The van der Waals surface area contributed by atoms with Gasteiger partial charge >= 0.3 is 0 Å². The molecule has 6 nitrogen and oxygen atoms in total. The zero-order chi connectivity index (χ0) is 17.3. The summed E-state index contributed by atoms with van der Waals surface area (Å²) in [5.41, 5.74) is 1.02. The Bertz CT molecular complexity index is 909. The number of thiophene rings is 2. The molecule has 0 aliphatic carbocycles. The molecular weight excluding hydrogens is 376 g/mol. The van der Waals surface area contributed by atoms with Crippen molar-refractivity contribution in [1.29, 1.82) is 0 Å². The van der Waals surface area contributed by atoms with Crippen molar-refractivity contribution in [1.82, 2.24) is 14.9 Å². The second-order valence-corrected chi connectivity index (χ2v) is 9.77. The number of nitrogens with zero attached hydrogens (tertiary/aromatic N) is 2. The van der Waals surface area contributed by atoms with E-state index < -0.39 is 10.0 Å². The highest BCUT2D eigenvalue weighted by molar-refractivity contribution is 7.91. The van der Waals surface area contributed by atoms with E-state index in [2.05, 4.69) is 32.0 Å². The summed E-state index contributed by atoms with van der Waals surface area (Å²) in [6.07, 6.45) is 1.54. The average Bonchev–Trinajstić information content (AvgIpc) is 3.35. The SMILES string of the molecule is O=S(=O)(NC1CCN(c2cc(-c3cccs3)[nH]n2)CC1)c1cccs1. The summed E-state index contributed by atoms with van der Waals surface area (Å²) in [7, 11) is -3.39. The summed E-state index contributed by atoms with van der Waals surface area (Å²) in [6.45, 7) is 1.57. The lowest BCUT2D eigenvalue weighted by atomic mass is 10.1. The predicted octanol–water partition coefficient (Wildman–Crippen LogP) is 3.15. The molecule has 0 bridgehead atoms. The Labute approximate surface area is 154 Å². The number of sulfonamides is 1. The zero-order valence-electron chi connectivity index (χ0n) is 13.4. The van der Waals surface area contributed by atoms with Gasteiger partial charge in [0.1, 0.15) is 4.21 Å². The molecule has 1 fully saturated rings. The molecule has 0 unspecified atom stereocenters. The minimum Gasteiger partial charge on any atom is -0.355 e. The summed E-state index contributed by atoms with van der Waals surface area (Å²) in [6, 6.07) is 9.50. The standard InChI is InChI=1S/C16H18N4O2S3/c21-25(22,16-4-2-10-24-16)19-12-5-7-20(8-6-12)15-11-13(17-18-15)14-3-1-9-23-14/h1-4,9-12,19H,5-8H2,(H,17,18). The van der Waals surface area contributed by atoms with Gasteiger partial charge in [0.2, 0.25) is 10.0 Å². The lowest BCUT2D eigenvalue weighted by Gasteiger charge is -2.32.